The van der Waals surface area contributed by atoms with Crippen molar-refractivity contribution in [3.63, 3.8) is 0 Å². The number of aryl methyl sites for hydroxylation is 2. The van der Waals surface area contributed by atoms with Crippen LogP contribution in [0, 0.1) is 6.92 Å². The van der Waals surface area contributed by atoms with Gasteiger partial charge in [0.15, 0.2) is 0 Å². The molecule has 3 rings (SSSR count). The number of benzene rings is 3. The number of rotatable bonds is 9. The fourth-order valence-electron chi connectivity index (χ4n) is 6.19. The second-order valence-electron chi connectivity index (χ2n) is 11.3. The highest BCUT2D eigenvalue weighted by atomic mass is 19.4. The molecule has 0 aromatic heterocycles. The van der Waals surface area contributed by atoms with Crippen molar-refractivity contribution in [2.24, 2.45) is 0 Å². The van der Waals surface area contributed by atoms with Gasteiger partial charge in [0.05, 0.1) is 5.56 Å². The van der Waals surface area contributed by atoms with Crippen LogP contribution in [0.15, 0.2) is 54.6 Å². The average molecular weight is 509 g/mol. The molecular weight excluding hydrogens is 465 g/mol. The molecule has 2 unspecified atom stereocenters. The molecule has 0 bridgehead atoms. The Bertz CT molecular complexity index is 1200. The van der Waals surface area contributed by atoms with Crippen LogP contribution in [0.2, 0.25) is 0 Å². The molecule has 200 valence electrons. The zero-order valence-electron chi connectivity index (χ0n) is 23.8. The number of hydrogen-bond donors (Lipinski definition) is 0. The van der Waals surface area contributed by atoms with Crippen molar-refractivity contribution in [2.75, 3.05) is 0 Å². The summed E-state index contributed by atoms with van der Waals surface area (Å²) in [6.07, 6.45) is -2.57. The van der Waals surface area contributed by atoms with E-state index in [1.807, 2.05) is 19.1 Å². The van der Waals surface area contributed by atoms with Crippen molar-refractivity contribution in [2.45, 2.75) is 105 Å². The zero-order valence-corrected chi connectivity index (χ0v) is 23.8. The molecule has 0 fully saturated rings. The lowest BCUT2D eigenvalue weighted by atomic mass is 9.80. The standard InChI is InChI=1S/C34H43F3/c1-9-26-14-10-13-23(6)32(26)25(8)20-28-16-12-18-30(33(28)34(35,36)37)24(7)19-27-15-11-17-29(21(2)3)31(27)22(4)5/h10-18,21-22,24-25H,9,19-20H2,1-8H3. The molecule has 0 spiro atoms. The van der Waals surface area contributed by atoms with Gasteiger partial charge in [0, 0.05) is 0 Å². The highest BCUT2D eigenvalue weighted by Gasteiger charge is 2.37. The van der Waals surface area contributed by atoms with Crippen LogP contribution in [0.1, 0.15) is 122 Å². The van der Waals surface area contributed by atoms with Gasteiger partial charge in [0.1, 0.15) is 0 Å². The lowest BCUT2D eigenvalue weighted by Gasteiger charge is -2.26. The van der Waals surface area contributed by atoms with Crippen molar-refractivity contribution in [3.8, 4) is 0 Å². The summed E-state index contributed by atoms with van der Waals surface area (Å²) >= 11 is 0. The smallest absolute Gasteiger partial charge is 0.166 e. The number of halogens is 3. The van der Waals surface area contributed by atoms with Gasteiger partial charge in [-0.1, -0.05) is 103 Å². The molecule has 3 aromatic rings. The summed E-state index contributed by atoms with van der Waals surface area (Å²) < 4.78 is 44.0. The Morgan fingerprint density at radius 3 is 1.73 bits per heavy atom. The van der Waals surface area contributed by atoms with Crippen LogP contribution >= 0.6 is 0 Å². The van der Waals surface area contributed by atoms with Gasteiger partial charge in [-0.15, -0.1) is 0 Å². The molecule has 0 N–H and O–H groups in total. The van der Waals surface area contributed by atoms with E-state index in [1.165, 1.54) is 22.3 Å². The van der Waals surface area contributed by atoms with E-state index in [0.717, 1.165) is 17.5 Å². The van der Waals surface area contributed by atoms with Gasteiger partial charge in [0.25, 0.3) is 0 Å². The lowest BCUT2D eigenvalue weighted by Crippen LogP contribution is -2.17. The first-order chi connectivity index (χ1) is 17.4. The number of alkyl halides is 3. The first-order valence-electron chi connectivity index (χ1n) is 13.8. The normalized spacial score (nSPS) is 13.9. The third-order valence-corrected chi connectivity index (χ3v) is 7.77. The van der Waals surface area contributed by atoms with Crippen LogP contribution in [-0.2, 0) is 25.4 Å². The molecule has 0 saturated heterocycles. The second-order valence-corrected chi connectivity index (χ2v) is 11.3. The first-order valence-corrected chi connectivity index (χ1v) is 13.8. The molecule has 3 aromatic carbocycles. The Labute approximate surface area is 222 Å². The monoisotopic (exact) mass is 508 g/mol. The maximum absolute atomic E-state index is 14.7. The Kier molecular flexibility index (Phi) is 9.32. The average Bonchev–Trinajstić information content (AvgIpc) is 2.82. The molecule has 0 aliphatic heterocycles. The van der Waals surface area contributed by atoms with Crippen LogP contribution in [0.5, 0.6) is 0 Å². The van der Waals surface area contributed by atoms with Crippen molar-refractivity contribution >= 4 is 0 Å². The second kappa shape index (κ2) is 11.9. The van der Waals surface area contributed by atoms with Gasteiger partial charge in [-0.05, 0) is 94.4 Å². The van der Waals surface area contributed by atoms with Gasteiger partial charge in [-0.2, -0.15) is 13.2 Å². The van der Waals surface area contributed by atoms with Gasteiger partial charge in [0.2, 0.25) is 0 Å². The SMILES string of the molecule is CCc1cccc(C)c1C(C)Cc1cccc(C(C)Cc2cccc(C(C)C)c2C(C)C)c1C(F)(F)F. The summed E-state index contributed by atoms with van der Waals surface area (Å²) in [5.74, 6) is 0.434. The first kappa shape index (κ1) is 29.0. The Morgan fingerprint density at radius 1 is 0.622 bits per heavy atom. The molecule has 3 heteroatoms. The van der Waals surface area contributed by atoms with Crippen molar-refractivity contribution in [1.29, 1.82) is 0 Å². The summed E-state index contributed by atoms with van der Waals surface area (Å²) in [5, 5.41) is 0. The van der Waals surface area contributed by atoms with E-state index in [-0.39, 0.29) is 11.8 Å². The molecule has 2 atom stereocenters. The molecule has 0 amide bonds. The van der Waals surface area contributed by atoms with E-state index in [0.29, 0.717) is 35.8 Å². The Morgan fingerprint density at radius 2 is 1.16 bits per heavy atom. The van der Waals surface area contributed by atoms with Gasteiger partial charge >= 0.3 is 6.18 Å². The summed E-state index contributed by atoms with van der Waals surface area (Å²) in [5.41, 5.74) is 7.66. The fraction of sp³-hybridized carbons (Fsp3) is 0.471. The quantitative estimate of drug-likeness (QED) is 0.270. The molecule has 0 heterocycles. The maximum Gasteiger partial charge on any atom is 0.416 e. The predicted molar refractivity (Wildman–Crippen MR) is 151 cm³/mol. The van der Waals surface area contributed by atoms with Gasteiger partial charge in [-0.25, -0.2) is 0 Å². The molecule has 0 aliphatic carbocycles. The third-order valence-electron chi connectivity index (χ3n) is 7.77. The topological polar surface area (TPSA) is 0 Å². The summed E-state index contributed by atoms with van der Waals surface area (Å²) in [7, 11) is 0. The Balaban J connectivity index is 2.04. The van der Waals surface area contributed by atoms with E-state index in [2.05, 4.69) is 78.8 Å². The summed E-state index contributed by atoms with van der Waals surface area (Å²) in [4.78, 5) is 0. The van der Waals surface area contributed by atoms with E-state index < -0.39 is 11.7 Å². The van der Waals surface area contributed by atoms with E-state index in [1.54, 1.807) is 12.1 Å². The molecule has 0 aliphatic rings. The van der Waals surface area contributed by atoms with Gasteiger partial charge in [-0.3, -0.25) is 0 Å². The van der Waals surface area contributed by atoms with Crippen molar-refractivity contribution < 1.29 is 13.2 Å². The van der Waals surface area contributed by atoms with E-state index in [4.69, 9.17) is 0 Å². The minimum atomic E-state index is -4.40. The minimum Gasteiger partial charge on any atom is -0.166 e. The zero-order chi connectivity index (χ0) is 27.5. The lowest BCUT2D eigenvalue weighted by molar-refractivity contribution is -0.139. The maximum atomic E-state index is 14.7. The van der Waals surface area contributed by atoms with Crippen LogP contribution in [0.3, 0.4) is 0 Å². The molecular formula is C34H43F3. The van der Waals surface area contributed by atoms with Crippen molar-refractivity contribution in [3.05, 3.63) is 105 Å². The largest absolute Gasteiger partial charge is 0.416 e. The molecule has 0 nitrogen and oxygen atoms in total. The predicted octanol–water partition coefficient (Wildman–Crippen LogP) is 10.5. The van der Waals surface area contributed by atoms with Crippen LogP contribution in [0.4, 0.5) is 13.2 Å². The minimum absolute atomic E-state index is 0.00178. The van der Waals surface area contributed by atoms with Crippen molar-refractivity contribution in [1.82, 2.24) is 0 Å². The molecule has 37 heavy (non-hydrogen) atoms. The third kappa shape index (κ3) is 6.48. The van der Waals surface area contributed by atoms with E-state index in [9.17, 15) is 13.2 Å². The summed E-state index contributed by atoms with van der Waals surface area (Å²) in [6, 6.07) is 17.7. The molecule has 0 saturated carbocycles. The van der Waals surface area contributed by atoms with E-state index >= 15 is 0 Å². The van der Waals surface area contributed by atoms with Gasteiger partial charge < -0.3 is 0 Å². The summed E-state index contributed by atoms with van der Waals surface area (Å²) in [6.45, 7) is 16.9. The fourth-order valence-corrected chi connectivity index (χ4v) is 6.19. The molecule has 0 radical (unpaired) electrons. The van der Waals surface area contributed by atoms with Crippen LogP contribution in [0.25, 0.3) is 0 Å². The highest BCUT2D eigenvalue weighted by molar-refractivity contribution is 5.45. The highest BCUT2D eigenvalue weighted by Crippen LogP contribution is 2.41. The van der Waals surface area contributed by atoms with Crippen LogP contribution in [-0.4, -0.2) is 0 Å². The number of hydrogen-bond acceptors (Lipinski definition) is 0. The Hall–Kier alpha value is -2.55. The van der Waals surface area contributed by atoms with Crippen LogP contribution < -0.4 is 0 Å².